The SMILES string of the molecule is CCn1c([N+](=O)[O-])cnc1CSc1ncccn1. The Morgan fingerprint density at radius 1 is 1.39 bits per heavy atom. The monoisotopic (exact) mass is 265 g/mol. The van der Waals surface area contributed by atoms with Crippen molar-refractivity contribution in [3.05, 3.63) is 40.6 Å². The van der Waals surface area contributed by atoms with Gasteiger partial charge in [-0.25, -0.2) is 19.5 Å². The molecule has 0 N–H and O–H groups in total. The van der Waals surface area contributed by atoms with Gasteiger partial charge in [0.25, 0.3) is 0 Å². The summed E-state index contributed by atoms with van der Waals surface area (Å²) < 4.78 is 1.58. The molecule has 0 radical (unpaired) electrons. The van der Waals surface area contributed by atoms with Crippen LogP contribution in [-0.2, 0) is 12.3 Å². The van der Waals surface area contributed by atoms with Crippen LogP contribution in [0.1, 0.15) is 12.7 Å². The van der Waals surface area contributed by atoms with E-state index >= 15 is 0 Å². The Morgan fingerprint density at radius 2 is 2.11 bits per heavy atom. The fraction of sp³-hybridized carbons (Fsp3) is 0.300. The highest BCUT2D eigenvalue weighted by Gasteiger charge is 2.18. The van der Waals surface area contributed by atoms with E-state index in [1.807, 2.05) is 6.92 Å². The highest BCUT2D eigenvalue weighted by molar-refractivity contribution is 7.98. The summed E-state index contributed by atoms with van der Waals surface area (Å²) in [5.74, 6) is 1.18. The molecule has 7 nitrogen and oxygen atoms in total. The van der Waals surface area contributed by atoms with Crippen molar-refractivity contribution in [2.45, 2.75) is 24.4 Å². The molecule has 0 saturated carbocycles. The lowest BCUT2D eigenvalue weighted by molar-refractivity contribution is -0.392. The molecule has 0 aliphatic rings. The third-order valence-corrected chi connectivity index (χ3v) is 3.16. The minimum atomic E-state index is -0.427. The highest BCUT2D eigenvalue weighted by Crippen LogP contribution is 2.21. The zero-order chi connectivity index (χ0) is 13.0. The van der Waals surface area contributed by atoms with Gasteiger partial charge in [0.2, 0.25) is 5.82 Å². The number of thioether (sulfide) groups is 1. The Labute approximate surface area is 107 Å². The average molecular weight is 265 g/mol. The molecule has 0 saturated heterocycles. The Bertz CT molecular complexity index is 542. The van der Waals surface area contributed by atoms with Crippen LogP contribution in [0, 0.1) is 10.1 Å². The molecule has 0 aliphatic heterocycles. The van der Waals surface area contributed by atoms with Gasteiger partial charge in [0, 0.05) is 12.4 Å². The number of rotatable bonds is 5. The van der Waals surface area contributed by atoms with E-state index in [4.69, 9.17) is 0 Å². The first-order valence-electron chi connectivity index (χ1n) is 5.31. The predicted molar refractivity (Wildman–Crippen MR) is 66.1 cm³/mol. The maximum Gasteiger partial charge on any atom is 0.342 e. The summed E-state index contributed by atoms with van der Waals surface area (Å²) in [4.78, 5) is 22.6. The minimum absolute atomic E-state index is 0.0158. The minimum Gasteiger partial charge on any atom is -0.358 e. The molecule has 18 heavy (non-hydrogen) atoms. The molecular weight excluding hydrogens is 254 g/mol. The average Bonchev–Trinajstić information content (AvgIpc) is 2.80. The van der Waals surface area contributed by atoms with E-state index in [0.29, 0.717) is 23.3 Å². The summed E-state index contributed by atoms with van der Waals surface area (Å²) in [6.07, 6.45) is 4.60. The zero-order valence-corrected chi connectivity index (χ0v) is 10.5. The number of hydrogen-bond donors (Lipinski definition) is 0. The predicted octanol–water partition coefficient (Wildman–Crippen LogP) is 1.89. The van der Waals surface area contributed by atoms with Crippen LogP contribution in [0.5, 0.6) is 0 Å². The van der Waals surface area contributed by atoms with E-state index in [1.54, 1.807) is 23.0 Å². The van der Waals surface area contributed by atoms with Gasteiger partial charge in [-0.2, -0.15) is 0 Å². The van der Waals surface area contributed by atoms with Crippen LogP contribution >= 0.6 is 11.8 Å². The first-order chi connectivity index (χ1) is 8.72. The fourth-order valence-electron chi connectivity index (χ4n) is 1.50. The van der Waals surface area contributed by atoms with Crippen molar-refractivity contribution in [1.29, 1.82) is 0 Å². The van der Waals surface area contributed by atoms with Gasteiger partial charge in [-0.05, 0) is 17.9 Å². The molecule has 0 unspecified atom stereocenters. The second-order valence-corrected chi connectivity index (χ2v) is 4.30. The zero-order valence-electron chi connectivity index (χ0n) is 9.68. The Balaban J connectivity index is 2.12. The number of hydrogen-bond acceptors (Lipinski definition) is 6. The number of aromatic nitrogens is 4. The van der Waals surface area contributed by atoms with Gasteiger partial charge in [-0.3, -0.25) is 0 Å². The molecule has 2 heterocycles. The molecule has 2 rings (SSSR count). The molecular formula is C10H11N5O2S. The fourth-order valence-corrected chi connectivity index (χ4v) is 2.26. The van der Waals surface area contributed by atoms with Gasteiger partial charge in [0.1, 0.15) is 6.20 Å². The maximum atomic E-state index is 10.8. The maximum absolute atomic E-state index is 10.8. The van der Waals surface area contributed by atoms with Crippen LogP contribution in [-0.4, -0.2) is 24.4 Å². The standard InChI is InChI=1S/C10H11N5O2S/c1-2-14-8(13-6-9(14)15(16)17)7-18-10-11-4-3-5-12-10/h3-6H,2,7H2,1H3. The molecule has 2 aromatic heterocycles. The molecule has 0 bridgehead atoms. The van der Waals surface area contributed by atoms with E-state index in [0.717, 1.165) is 0 Å². The van der Waals surface area contributed by atoms with Crippen LogP contribution in [0.3, 0.4) is 0 Å². The van der Waals surface area contributed by atoms with Crippen LogP contribution < -0.4 is 0 Å². The van der Waals surface area contributed by atoms with E-state index < -0.39 is 4.92 Å². The van der Waals surface area contributed by atoms with Crippen molar-refractivity contribution in [2.75, 3.05) is 0 Å². The smallest absolute Gasteiger partial charge is 0.342 e. The van der Waals surface area contributed by atoms with Crippen molar-refractivity contribution in [3.63, 3.8) is 0 Å². The quantitative estimate of drug-likeness (QED) is 0.355. The third kappa shape index (κ3) is 2.65. The number of imidazole rings is 1. The van der Waals surface area contributed by atoms with Crippen molar-refractivity contribution < 1.29 is 4.92 Å². The second-order valence-electron chi connectivity index (χ2n) is 3.35. The Hall–Kier alpha value is -1.96. The molecule has 8 heteroatoms. The molecule has 0 fully saturated rings. The molecule has 0 amide bonds. The van der Waals surface area contributed by atoms with E-state index in [2.05, 4.69) is 15.0 Å². The summed E-state index contributed by atoms with van der Waals surface area (Å²) in [6, 6.07) is 1.74. The van der Waals surface area contributed by atoms with Gasteiger partial charge in [-0.15, -0.1) is 0 Å². The summed E-state index contributed by atoms with van der Waals surface area (Å²) in [6.45, 7) is 2.36. The van der Waals surface area contributed by atoms with Crippen LogP contribution in [0.15, 0.2) is 29.8 Å². The topological polar surface area (TPSA) is 86.7 Å². The van der Waals surface area contributed by atoms with Crippen LogP contribution in [0.25, 0.3) is 0 Å². The van der Waals surface area contributed by atoms with Crippen LogP contribution in [0.4, 0.5) is 5.82 Å². The first-order valence-corrected chi connectivity index (χ1v) is 6.29. The van der Waals surface area contributed by atoms with Gasteiger partial charge >= 0.3 is 5.82 Å². The summed E-state index contributed by atoms with van der Waals surface area (Å²) in [5.41, 5.74) is 0. The van der Waals surface area contributed by atoms with Crippen molar-refractivity contribution in [2.24, 2.45) is 0 Å². The normalized spacial score (nSPS) is 10.5. The largest absolute Gasteiger partial charge is 0.358 e. The lowest BCUT2D eigenvalue weighted by atomic mass is 10.6. The summed E-state index contributed by atoms with van der Waals surface area (Å²) >= 11 is 1.40. The van der Waals surface area contributed by atoms with E-state index in [1.165, 1.54) is 18.0 Å². The Morgan fingerprint density at radius 3 is 2.72 bits per heavy atom. The number of nitrogens with zero attached hydrogens (tertiary/aromatic N) is 5. The molecule has 2 aromatic rings. The van der Waals surface area contributed by atoms with Crippen molar-refractivity contribution in [1.82, 2.24) is 19.5 Å². The third-order valence-electron chi connectivity index (χ3n) is 2.29. The lowest BCUT2D eigenvalue weighted by Gasteiger charge is -2.01. The molecule has 0 spiro atoms. The summed E-state index contributed by atoms with van der Waals surface area (Å²) in [5, 5.41) is 11.4. The van der Waals surface area contributed by atoms with Crippen LogP contribution in [0.2, 0.25) is 0 Å². The van der Waals surface area contributed by atoms with E-state index in [-0.39, 0.29) is 5.82 Å². The second kappa shape index (κ2) is 5.58. The molecule has 0 aromatic carbocycles. The molecule has 0 atom stereocenters. The highest BCUT2D eigenvalue weighted by atomic mass is 32.2. The van der Waals surface area contributed by atoms with Crippen molar-refractivity contribution in [3.8, 4) is 0 Å². The van der Waals surface area contributed by atoms with Gasteiger partial charge < -0.3 is 10.1 Å². The van der Waals surface area contributed by atoms with Gasteiger partial charge in [-0.1, -0.05) is 11.8 Å². The molecule has 94 valence electrons. The lowest BCUT2D eigenvalue weighted by Crippen LogP contribution is -2.04. The number of nitro groups is 1. The van der Waals surface area contributed by atoms with Gasteiger partial charge in [0.05, 0.1) is 12.3 Å². The van der Waals surface area contributed by atoms with Gasteiger partial charge in [0.15, 0.2) is 5.16 Å². The van der Waals surface area contributed by atoms with E-state index in [9.17, 15) is 10.1 Å². The Kier molecular flexibility index (Phi) is 3.88. The first kappa shape index (κ1) is 12.5. The van der Waals surface area contributed by atoms with Crippen molar-refractivity contribution >= 4 is 17.6 Å². The molecule has 0 aliphatic carbocycles. The summed E-state index contributed by atoms with van der Waals surface area (Å²) in [7, 11) is 0.